The van der Waals surface area contributed by atoms with E-state index in [-0.39, 0.29) is 11.6 Å². The fourth-order valence-electron chi connectivity index (χ4n) is 0.774. The number of anilines is 1. The van der Waals surface area contributed by atoms with Crippen molar-refractivity contribution in [3.8, 4) is 0 Å². The average Bonchev–Trinajstić information content (AvgIpc) is 2.09. The van der Waals surface area contributed by atoms with Crippen molar-refractivity contribution in [3.63, 3.8) is 0 Å². The lowest BCUT2D eigenvalue weighted by molar-refractivity contribution is -0.113. The van der Waals surface area contributed by atoms with Gasteiger partial charge >= 0.3 is 0 Å². The standard InChI is InChI=1S/C8H6BrFINO/c9-5-1-2-7(6(10)3-5)12-8(13)4-11/h1-3H,4H2,(H,12,13). The molecule has 0 aliphatic rings. The first-order valence-corrected chi connectivity index (χ1v) is 5.76. The van der Waals surface area contributed by atoms with E-state index in [1.807, 2.05) is 22.6 Å². The fraction of sp³-hybridized carbons (Fsp3) is 0.125. The minimum Gasteiger partial charge on any atom is -0.323 e. The molecule has 1 rings (SSSR count). The SMILES string of the molecule is O=C(CI)Nc1ccc(Br)cc1F. The molecule has 0 unspecified atom stereocenters. The van der Waals surface area contributed by atoms with Crippen molar-refractivity contribution >= 4 is 50.1 Å². The summed E-state index contributed by atoms with van der Waals surface area (Å²) >= 11 is 5.04. The Morgan fingerprint density at radius 3 is 2.85 bits per heavy atom. The molecule has 0 aromatic heterocycles. The summed E-state index contributed by atoms with van der Waals surface area (Å²) in [6, 6.07) is 4.50. The number of nitrogens with one attached hydrogen (secondary N) is 1. The van der Waals surface area contributed by atoms with Crippen LogP contribution in [0, 0.1) is 5.82 Å². The van der Waals surface area contributed by atoms with Crippen molar-refractivity contribution in [1.29, 1.82) is 0 Å². The molecule has 2 nitrogen and oxygen atoms in total. The van der Waals surface area contributed by atoms with Crippen LogP contribution in [-0.2, 0) is 4.79 Å². The van der Waals surface area contributed by atoms with Gasteiger partial charge in [-0.05, 0) is 18.2 Å². The van der Waals surface area contributed by atoms with Crippen molar-refractivity contribution in [2.24, 2.45) is 0 Å². The number of carbonyl (C=O) groups excluding carboxylic acids is 1. The molecule has 0 spiro atoms. The van der Waals surface area contributed by atoms with Gasteiger partial charge in [0.05, 0.1) is 10.1 Å². The van der Waals surface area contributed by atoms with Crippen LogP contribution in [0.4, 0.5) is 10.1 Å². The van der Waals surface area contributed by atoms with Gasteiger partial charge in [-0.15, -0.1) is 0 Å². The van der Waals surface area contributed by atoms with Gasteiger partial charge in [0.2, 0.25) is 5.91 Å². The van der Waals surface area contributed by atoms with Gasteiger partial charge in [-0.25, -0.2) is 4.39 Å². The van der Waals surface area contributed by atoms with Gasteiger partial charge in [0, 0.05) is 4.47 Å². The Morgan fingerprint density at radius 1 is 1.62 bits per heavy atom. The summed E-state index contributed by atoms with van der Waals surface area (Å²) in [7, 11) is 0. The highest BCUT2D eigenvalue weighted by molar-refractivity contribution is 14.1. The maximum Gasteiger partial charge on any atom is 0.234 e. The van der Waals surface area contributed by atoms with E-state index in [0.29, 0.717) is 8.90 Å². The molecule has 70 valence electrons. The summed E-state index contributed by atoms with van der Waals surface area (Å²) in [5, 5.41) is 2.44. The molecule has 1 amide bonds. The first-order valence-electron chi connectivity index (χ1n) is 3.44. The van der Waals surface area contributed by atoms with Crippen LogP contribution >= 0.6 is 38.5 Å². The van der Waals surface area contributed by atoms with Gasteiger partial charge in [-0.2, -0.15) is 0 Å². The van der Waals surface area contributed by atoms with Crippen LogP contribution in [-0.4, -0.2) is 10.3 Å². The minimum absolute atomic E-state index is 0.207. The number of hydrogen-bond acceptors (Lipinski definition) is 1. The molecule has 0 aliphatic heterocycles. The second kappa shape index (κ2) is 4.90. The van der Waals surface area contributed by atoms with Gasteiger partial charge in [0.25, 0.3) is 0 Å². The Kier molecular flexibility index (Phi) is 4.11. The molecule has 0 radical (unpaired) electrons. The molecule has 0 bridgehead atoms. The van der Waals surface area contributed by atoms with Gasteiger partial charge in [0.1, 0.15) is 5.82 Å². The van der Waals surface area contributed by atoms with Crippen molar-refractivity contribution in [1.82, 2.24) is 0 Å². The van der Waals surface area contributed by atoms with Crippen molar-refractivity contribution in [2.75, 3.05) is 9.74 Å². The Labute approximate surface area is 97.2 Å². The highest BCUT2D eigenvalue weighted by Crippen LogP contribution is 2.19. The molecule has 13 heavy (non-hydrogen) atoms. The number of carbonyl (C=O) groups is 1. The third-order valence-corrected chi connectivity index (χ3v) is 2.51. The second-order valence-corrected chi connectivity index (χ2v) is 3.98. The summed E-state index contributed by atoms with van der Waals surface area (Å²) in [4.78, 5) is 10.9. The van der Waals surface area contributed by atoms with Gasteiger partial charge in [0.15, 0.2) is 0 Å². The fourth-order valence-corrected chi connectivity index (χ4v) is 1.30. The molecule has 1 N–H and O–H groups in total. The molecule has 0 saturated heterocycles. The van der Waals surface area contributed by atoms with Crippen LogP contribution in [0.1, 0.15) is 0 Å². The first kappa shape index (κ1) is 10.9. The van der Waals surface area contributed by atoms with Crippen molar-refractivity contribution < 1.29 is 9.18 Å². The van der Waals surface area contributed by atoms with E-state index in [9.17, 15) is 9.18 Å². The number of hydrogen-bond donors (Lipinski definition) is 1. The third kappa shape index (κ3) is 3.22. The van der Waals surface area contributed by atoms with Gasteiger partial charge in [-0.1, -0.05) is 38.5 Å². The Hall–Kier alpha value is -0.170. The monoisotopic (exact) mass is 357 g/mol. The molecule has 0 atom stereocenters. The number of rotatable bonds is 2. The van der Waals surface area contributed by atoms with Gasteiger partial charge in [-0.3, -0.25) is 4.79 Å². The molecule has 0 aliphatic carbocycles. The summed E-state index contributed by atoms with van der Waals surface area (Å²) in [6.07, 6.45) is 0. The zero-order chi connectivity index (χ0) is 9.84. The predicted octanol–water partition coefficient (Wildman–Crippen LogP) is 2.96. The van der Waals surface area contributed by atoms with E-state index in [1.54, 1.807) is 6.07 Å². The lowest BCUT2D eigenvalue weighted by atomic mass is 10.3. The average molecular weight is 358 g/mol. The lowest BCUT2D eigenvalue weighted by Gasteiger charge is -2.04. The Bertz CT molecular complexity index is 332. The number of halogens is 3. The predicted molar refractivity (Wildman–Crippen MR) is 61.6 cm³/mol. The highest BCUT2D eigenvalue weighted by atomic mass is 127. The Morgan fingerprint density at radius 2 is 2.31 bits per heavy atom. The molecule has 0 fully saturated rings. The number of benzene rings is 1. The maximum absolute atomic E-state index is 13.1. The van der Waals surface area contributed by atoms with Crippen LogP contribution in [0.3, 0.4) is 0 Å². The van der Waals surface area contributed by atoms with Crippen LogP contribution in [0.2, 0.25) is 0 Å². The van der Waals surface area contributed by atoms with Crippen LogP contribution in [0.25, 0.3) is 0 Å². The second-order valence-electron chi connectivity index (χ2n) is 2.31. The van der Waals surface area contributed by atoms with Crippen LogP contribution in [0.15, 0.2) is 22.7 Å². The topological polar surface area (TPSA) is 29.1 Å². The lowest BCUT2D eigenvalue weighted by Crippen LogP contribution is -2.13. The largest absolute Gasteiger partial charge is 0.323 e. The molecule has 5 heteroatoms. The Balaban J connectivity index is 2.83. The maximum atomic E-state index is 13.1. The quantitative estimate of drug-likeness (QED) is 0.640. The smallest absolute Gasteiger partial charge is 0.234 e. The molecule has 1 aromatic carbocycles. The number of amides is 1. The molecule has 0 heterocycles. The van der Waals surface area contributed by atoms with E-state index in [2.05, 4.69) is 21.2 Å². The summed E-state index contributed by atoms with van der Waals surface area (Å²) in [6.45, 7) is 0. The van der Waals surface area contributed by atoms with E-state index in [1.165, 1.54) is 12.1 Å². The van der Waals surface area contributed by atoms with E-state index in [0.717, 1.165) is 0 Å². The normalized spacial score (nSPS) is 9.77. The van der Waals surface area contributed by atoms with E-state index in [4.69, 9.17) is 0 Å². The summed E-state index contributed by atoms with van der Waals surface area (Å²) in [5.74, 6) is -0.644. The van der Waals surface area contributed by atoms with Crippen molar-refractivity contribution in [3.05, 3.63) is 28.5 Å². The molecular formula is C8H6BrFINO. The van der Waals surface area contributed by atoms with Crippen LogP contribution in [0.5, 0.6) is 0 Å². The molecular weight excluding hydrogens is 352 g/mol. The highest BCUT2D eigenvalue weighted by Gasteiger charge is 2.05. The molecule has 0 saturated carbocycles. The zero-order valence-electron chi connectivity index (χ0n) is 6.48. The van der Waals surface area contributed by atoms with E-state index >= 15 is 0 Å². The zero-order valence-corrected chi connectivity index (χ0v) is 10.2. The minimum atomic E-state index is -0.437. The van der Waals surface area contributed by atoms with Gasteiger partial charge < -0.3 is 5.32 Å². The van der Waals surface area contributed by atoms with Crippen molar-refractivity contribution in [2.45, 2.75) is 0 Å². The third-order valence-electron chi connectivity index (χ3n) is 1.33. The molecule has 1 aromatic rings. The van der Waals surface area contributed by atoms with E-state index < -0.39 is 5.82 Å². The van der Waals surface area contributed by atoms with Crippen LogP contribution < -0.4 is 5.32 Å². The first-order chi connectivity index (χ1) is 6.13. The summed E-state index contributed by atoms with van der Waals surface area (Å²) in [5.41, 5.74) is 0.213. The summed E-state index contributed by atoms with van der Waals surface area (Å²) < 4.78 is 14.1. The number of alkyl halides is 1.